The Bertz CT molecular complexity index is 543. The van der Waals surface area contributed by atoms with Gasteiger partial charge in [0, 0.05) is 10.8 Å². The summed E-state index contributed by atoms with van der Waals surface area (Å²) < 4.78 is 11.4. The van der Waals surface area contributed by atoms with Crippen molar-refractivity contribution >= 4 is 10.8 Å². The van der Waals surface area contributed by atoms with Crippen molar-refractivity contribution in [2.45, 2.75) is 38.9 Å². The van der Waals surface area contributed by atoms with Crippen LogP contribution in [0.1, 0.15) is 26.7 Å². The molecule has 0 saturated carbocycles. The Labute approximate surface area is 131 Å². The van der Waals surface area contributed by atoms with E-state index in [1.165, 1.54) is 0 Å². The minimum absolute atomic E-state index is 0.273. The smallest absolute Gasteiger partial charge is 0.127 e. The second-order valence-electron chi connectivity index (χ2n) is 5.35. The highest BCUT2D eigenvalue weighted by atomic mass is 16.5. The molecule has 0 radical (unpaired) electrons. The summed E-state index contributed by atoms with van der Waals surface area (Å²) in [6.45, 7) is 4.38. The molecule has 0 bridgehead atoms. The molecule has 2 N–H and O–H groups in total. The first-order chi connectivity index (χ1) is 10.7. The molecule has 0 amide bonds. The standard InChI is InChI=1S/C18H24O4/c1-3-13(19)11-21-17-9-5-8-16-15(17)7-6-10-18(16)22-12-14(20)4-2/h5-10,13-14,19-20H,3-4,11-12H2,1-2H3. The lowest BCUT2D eigenvalue weighted by Crippen LogP contribution is -2.16. The zero-order valence-electron chi connectivity index (χ0n) is 13.2. The third-order valence-electron chi connectivity index (χ3n) is 3.65. The lowest BCUT2D eigenvalue weighted by Gasteiger charge is -2.15. The third-order valence-corrected chi connectivity index (χ3v) is 3.65. The molecule has 0 heterocycles. The van der Waals surface area contributed by atoms with Crippen molar-refractivity contribution in [2.75, 3.05) is 13.2 Å². The summed E-state index contributed by atoms with van der Waals surface area (Å²) in [6, 6.07) is 11.5. The van der Waals surface area contributed by atoms with Crippen molar-refractivity contribution in [1.82, 2.24) is 0 Å². The maximum atomic E-state index is 9.64. The van der Waals surface area contributed by atoms with Crippen LogP contribution in [0.4, 0.5) is 0 Å². The molecule has 2 aromatic carbocycles. The summed E-state index contributed by atoms with van der Waals surface area (Å²) in [5.41, 5.74) is 0. The molecule has 0 spiro atoms. The number of hydrogen-bond acceptors (Lipinski definition) is 4. The van der Waals surface area contributed by atoms with Crippen molar-refractivity contribution in [3.05, 3.63) is 36.4 Å². The van der Waals surface area contributed by atoms with Gasteiger partial charge in [-0.3, -0.25) is 0 Å². The summed E-state index contributed by atoms with van der Waals surface area (Å²) in [7, 11) is 0. The van der Waals surface area contributed by atoms with E-state index in [2.05, 4.69) is 0 Å². The van der Waals surface area contributed by atoms with Crippen LogP contribution >= 0.6 is 0 Å². The van der Waals surface area contributed by atoms with E-state index in [0.717, 1.165) is 22.3 Å². The van der Waals surface area contributed by atoms with Crippen LogP contribution in [-0.2, 0) is 0 Å². The molecule has 0 fully saturated rings. The van der Waals surface area contributed by atoms with E-state index in [0.29, 0.717) is 12.8 Å². The fourth-order valence-electron chi connectivity index (χ4n) is 2.11. The molecule has 2 aromatic rings. The lowest BCUT2D eigenvalue weighted by atomic mass is 10.1. The highest BCUT2D eigenvalue weighted by molar-refractivity contribution is 5.93. The second kappa shape index (κ2) is 8.01. The predicted molar refractivity (Wildman–Crippen MR) is 87.5 cm³/mol. The Morgan fingerprint density at radius 2 is 1.18 bits per heavy atom. The molecule has 0 aliphatic rings. The lowest BCUT2D eigenvalue weighted by molar-refractivity contribution is 0.104. The van der Waals surface area contributed by atoms with Crippen LogP contribution in [-0.4, -0.2) is 35.6 Å². The van der Waals surface area contributed by atoms with Gasteiger partial charge < -0.3 is 19.7 Å². The zero-order valence-corrected chi connectivity index (χ0v) is 13.2. The summed E-state index contributed by atoms with van der Waals surface area (Å²) in [6.07, 6.45) is 0.394. The van der Waals surface area contributed by atoms with Gasteiger partial charge in [0.2, 0.25) is 0 Å². The van der Waals surface area contributed by atoms with Crippen LogP contribution in [0.5, 0.6) is 11.5 Å². The molecule has 0 aromatic heterocycles. The van der Waals surface area contributed by atoms with Gasteiger partial charge in [0.05, 0.1) is 12.2 Å². The summed E-state index contributed by atoms with van der Waals surface area (Å²) in [5, 5.41) is 21.2. The van der Waals surface area contributed by atoms with Crippen LogP contribution in [0.25, 0.3) is 10.8 Å². The average Bonchev–Trinajstić information content (AvgIpc) is 2.57. The number of aliphatic hydroxyl groups is 2. The van der Waals surface area contributed by atoms with Gasteiger partial charge in [0.25, 0.3) is 0 Å². The molecule has 0 aliphatic heterocycles. The Morgan fingerprint density at radius 1 is 0.773 bits per heavy atom. The molecule has 4 heteroatoms. The number of hydrogen-bond donors (Lipinski definition) is 2. The van der Waals surface area contributed by atoms with Crippen LogP contribution < -0.4 is 9.47 Å². The number of fused-ring (bicyclic) bond motifs is 1. The first-order valence-corrected chi connectivity index (χ1v) is 7.79. The molecule has 0 saturated heterocycles. The normalized spacial score (nSPS) is 13.8. The molecule has 2 atom stereocenters. The van der Waals surface area contributed by atoms with E-state index in [9.17, 15) is 10.2 Å². The maximum Gasteiger partial charge on any atom is 0.127 e. The second-order valence-corrected chi connectivity index (χ2v) is 5.35. The van der Waals surface area contributed by atoms with Gasteiger partial charge in [-0.2, -0.15) is 0 Å². The van der Waals surface area contributed by atoms with Gasteiger partial charge in [0.1, 0.15) is 24.7 Å². The van der Waals surface area contributed by atoms with Crippen molar-refractivity contribution < 1.29 is 19.7 Å². The Balaban J connectivity index is 2.22. The third kappa shape index (κ3) is 4.12. The molecule has 2 unspecified atom stereocenters. The van der Waals surface area contributed by atoms with Crippen molar-refractivity contribution in [1.29, 1.82) is 0 Å². The SMILES string of the molecule is CCC(O)COc1cccc2c(OCC(O)CC)cccc12. The largest absolute Gasteiger partial charge is 0.490 e. The summed E-state index contributed by atoms with van der Waals surface area (Å²) in [5.74, 6) is 1.46. The van der Waals surface area contributed by atoms with Gasteiger partial charge in [0.15, 0.2) is 0 Å². The topological polar surface area (TPSA) is 58.9 Å². The van der Waals surface area contributed by atoms with Crippen LogP contribution in [0.3, 0.4) is 0 Å². The van der Waals surface area contributed by atoms with Crippen molar-refractivity contribution in [2.24, 2.45) is 0 Å². The van der Waals surface area contributed by atoms with Gasteiger partial charge in [-0.15, -0.1) is 0 Å². The number of benzene rings is 2. The maximum absolute atomic E-state index is 9.64. The average molecular weight is 304 g/mol. The molecular weight excluding hydrogens is 280 g/mol. The monoisotopic (exact) mass is 304 g/mol. The number of rotatable bonds is 8. The minimum atomic E-state index is -0.464. The van der Waals surface area contributed by atoms with Gasteiger partial charge in [-0.05, 0) is 25.0 Å². The molecular formula is C18H24O4. The number of ether oxygens (including phenoxy) is 2. The Morgan fingerprint density at radius 3 is 1.55 bits per heavy atom. The van der Waals surface area contributed by atoms with Gasteiger partial charge >= 0.3 is 0 Å². The van der Waals surface area contributed by atoms with Crippen molar-refractivity contribution in [3.8, 4) is 11.5 Å². The molecule has 2 rings (SSSR count). The number of aliphatic hydroxyl groups excluding tert-OH is 2. The van der Waals surface area contributed by atoms with Crippen molar-refractivity contribution in [3.63, 3.8) is 0 Å². The van der Waals surface area contributed by atoms with E-state index < -0.39 is 12.2 Å². The Kier molecular flexibility index (Phi) is 6.04. The fourth-order valence-corrected chi connectivity index (χ4v) is 2.11. The first kappa shape index (κ1) is 16.6. The zero-order chi connectivity index (χ0) is 15.9. The van der Waals surface area contributed by atoms with E-state index in [1.54, 1.807) is 0 Å². The molecule has 120 valence electrons. The van der Waals surface area contributed by atoms with E-state index in [1.807, 2.05) is 50.2 Å². The predicted octanol–water partition coefficient (Wildman–Crippen LogP) is 3.14. The van der Waals surface area contributed by atoms with E-state index >= 15 is 0 Å². The molecule has 4 nitrogen and oxygen atoms in total. The quantitative estimate of drug-likeness (QED) is 0.786. The highest BCUT2D eigenvalue weighted by Gasteiger charge is 2.10. The van der Waals surface area contributed by atoms with E-state index in [-0.39, 0.29) is 13.2 Å². The van der Waals surface area contributed by atoms with Crippen LogP contribution in [0.15, 0.2) is 36.4 Å². The van der Waals surface area contributed by atoms with Crippen LogP contribution in [0, 0.1) is 0 Å². The van der Waals surface area contributed by atoms with E-state index in [4.69, 9.17) is 9.47 Å². The molecule has 22 heavy (non-hydrogen) atoms. The minimum Gasteiger partial charge on any atom is -0.490 e. The highest BCUT2D eigenvalue weighted by Crippen LogP contribution is 2.32. The summed E-state index contributed by atoms with van der Waals surface area (Å²) >= 11 is 0. The van der Waals surface area contributed by atoms with Crippen LogP contribution in [0.2, 0.25) is 0 Å². The fraction of sp³-hybridized carbons (Fsp3) is 0.444. The summed E-state index contributed by atoms with van der Waals surface area (Å²) in [4.78, 5) is 0. The Hall–Kier alpha value is -1.78. The van der Waals surface area contributed by atoms with Gasteiger partial charge in [-0.1, -0.05) is 38.1 Å². The van der Waals surface area contributed by atoms with Gasteiger partial charge in [-0.25, -0.2) is 0 Å². The molecule has 0 aliphatic carbocycles. The first-order valence-electron chi connectivity index (χ1n) is 7.79.